The molecule has 1 aliphatic heterocycles. The largest absolute Gasteiger partial charge is 0.435 e. The first-order chi connectivity index (χ1) is 20.0. The third-order valence-electron chi connectivity index (χ3n) is 6.62. The number of aromatic nitrogens is 5. The topological polar surface area (TPSA) is 127 Å². The van der Waals surface area contributed by atoms with E-state index in [0.29, 0.717) is 4.68 Å². The van der Waals surface area contributed by atoms with Crippen LogP contribution < -0.4 is 11.1 Å². The van der Waals surface area contributed by atoms with Crippen LogP contribution in [-0.4, -0.2) is 84.9 Å². The molecule has 0 radical (unpaired) electrons. The number of amides is 2. The summed E-state index contributed by atoms with van der Waals surface area (Å²) in [6.45, 7) is -0.169. The van der Waals surface area contributed by atoms with Gasteiger partial charge in [0.05, 0.1) is 29.6 Å². The monoisotopic (exact) mass is 631 g/mol. The van der Waals surface area contributed by atoms with Gasteiger partial charge < -0.3 is 20.9 Å². The van der Waals surface area contributed by atoms with E-state index in [2.05, 4.69) is 20.4 Å². The molecule has 0 saturated carbocycles. The van der Waals surface area contributed by atoms with Gasteiger partial charge in [-0.2, -0.15) is 18.3 Å². The summed E-state index contributed by atoms with van der Waals surface area (Å²) in [5.74, 6) is -1.57. The average molecular weight is 632 g/mol. The third-order valence-corrected chi connectivity index (χ3v) is 6.62. The van der Waals surface area contributed by atoms with E-state index in [9.17, 15) is 31.5 Å². The van der Waals surface area contributed by atoms with Gasteiger partial charge in [-0.15, -0.1) is 12.4 Å². The van der Waals surface area contributed by atoms with Crippen molar-refractivity contribution in [1.82, 2.24) is 33.9 Å². The molecule has 11 nitrogen and oxygen atoms in total. The highest BCUT2D eigenvalue weighted by atomic mass is 35.5. The molecular weight excluding hydrogens is 608 g/mol. The average Bonchev–Trinajstić information content (AvgIpc) is 3.57. The molecule has 0 spiro atoms. The lowest BCUT2D eigenvalue weighted by molar-refractivity contribution is -0.141. The van der Waals surface area contributed by atoms with Crippen LogP contribution in [0.15, 0.2) is 43.0 Å². The molecule has 0 atom stereocenters. The summed E-state index contributed by atoms with van der Waals surface area (Å²) in [5.41, 5.74) is 3.52. The number of alkyl halides is 5. The van der Waals surface area contributed by atoms with Gasteiger partial charge in [-0.3, -0.25) is 18.7 Å². The fourth-order valence-electron chi connectivity index (χ4n) is 4.62. The third kappa shape index (κ3) is 6.51. The van der Waals surface area contributed by atoms with Gasteiger partial charge in [0.15, 0.2) is 17.2 Å². The first kappa shape index (κ1) is 31.6. The zero-order valence-corrected chi connectivity index (χ0v) is 22.9. The molecule has 5 rings (SSSR count). The second-order valence-electron chi connectivity index (χ2n) is 9.31. The number of hydrogen-bond donors (Lipinski definition) is 2. The predicted molar refractivity (Wildman–Crippen MR) is 144 cm³/mol. The first-order valence-electron chi connectivity index (χ1n) is 12.5. The fourth-order valence-corrected chi connectivity index (χ4v) is 4.62. The number of fused-ring (bicyclic) bond motifs is 1. The van der Waals surface area contributed by atoms with Gasteiger partial charge >= 0.3 is 6.18 Å². The summed E-state index contributed by atoms with van der Waals surface area (Å²) in [7, 11) is 0. The number of carbonyl (C=O) groups is 2. The molecule has 18 heteroatoms. The Labute approximate surface area is 245 Å². The Morgan fingerprint density at radius 1 is 1.07 bits per heavy atom. The van der Waals surface area contributed by atoms with E-state index in [1.807, 2.05) is 0 Å². The lowest BCUT2D eigenvalue weighted by atomic mass is 10.1. The van der Waals surface area contributed by atoms with Crippen LogP contribution in [0.5, 0.6) is 0 Å². The maximum Gasteiger partial charge on any atom is 0.435 e. The van der Waals surface area contributed by atoms with Crippen molar-refractivity contribution in [2.75, 3.05) is 38.0 Å². The minimum Gasteiger partial charge on any atom is -0.338 e. The summed E-state index contributed by atoms with van der Waals surface area (Å²) < 4.78 is 83.4. The summed E-state index contributed by atoms with van der Waals surface area (Å²) in [5, 5.41) is 6.14. The van der Waals surface area contributed by atoms with E-state index < -0.39 is 42.1 Å². The lowest BCUT2D eigenvalue weighted by Crippen LogP contribution is -2.52. The molecule has 43 heavy (non-hydrogen) atoms. The van der Waals surface area contributed by atoms with Crippen LogP contribution in [0, 0.1) is 5.82 Å². The Balaban J connectivity index is 0.00000423. The Morgan fingerprint density at radius 2 is 1.77 bits per heavy atom. The maximum atomic E-state index is 15.0. The van der Waals surface area contributed by atoms with Crippen molar-refractivity contribution in [2.45, 2.75) is 19.1 Å². The first-order valence-corrected chi connectivity index (χ1v) is 12.5. The molecule has 0 bridgehead atoms. The number of halogens is 7. The summed E-state index contributed by atoms with van der Waals surface area (Å²) >= 11 is 0. The van der Waals surface area contributed by atoms with Crippen LogP contribution >= 0.6 is 12.4 Å². The second-order valence-corrected chi connectivity index (χ2v) is 9.31. The van der Waals surface area contributed by atoms with Gasteiger partial charge in [0, 0.05) is 50.5 Å². The van der Waals surface area contributed by atoms with Crippen molar-refractivity contribution in [3.63, 3.8) is 0 Å². The van der Waals surface area contributed by atoms with Gasteiger partial charge in [0.2, 0.25) is 5.91 Å². The summed E-state index contributed by atoms with van der Waals surface area (Å²) in [6, 6.07) is 3.77. The van der Waals surface area contributed by atoms with E-state index >= 15 is 4.39 Å². The number of piperazine rings is 1. The number of benzene rings is 1. The number of rotatable bonds is 7. The number of carbonyl (C=O) groups excluding carboxylic acids is 2. The van der Waals surface area contributed by atoms with Crippen LogP contribution in [0.3, 0.4) is 0 Å². The van der Waals surface area contributed by atoms with Crippen molar-refractivity contribution in [3.05, 3.63) is 60.1 Å². The molecule has 1 aromatic carbocycles. The van der Waals surface area contributed by atoms with Gasteiger partial charge in [-0.05, 0) is 18.2 Å². The predicted octanol–water partition coefficient (Wildman–Crippen LogP) is 3.42. The molecular formula is C25H24ClF6N9O2. The second kappa shape index (κ2) is 12.5. The van der Waals surface area contributed by atoms with E-state index in [1.54, 1.807) is 0 Å². The van der Waals surface area contributed by atoms with E-state index in [-0.39, 0.29) is 79.4 Å². The van der Waals surface area contributed by atoms with Crippen LogP contribution in [-0.2, 0) is 17.5 Å². The number of nitrogens with two attached hydrogens (primary N) is 1. The Bertz CT molecular complexity index is 1630. The molecule has 230 valence electrons. The molecule has 4 heterocycles. The van der Waals surface area contributed by atoms with E-state index in [4.69, 9.17) is 5.73 Å². The fraction of sp³-hybridized carbons (Fsp3) is 0.320. The zero-order chi connectivity index (χ0) is 30.2. The number of hydrogen-bond acceptors (Lipinski definition) is 7. The standard InChI is InChI=1S/C25H23F6N9O2.ClH/c26-17-9-14(1-2-15(17)24(42)38-7-5-37(6-8-38)20(41)10-32)35-22-23-34-11-18(40(23)4-3-33-22)16-12-39(13-19(27)28)36-21(16)25(29,30)31;/h1-4,9,11-12,19H,5-8,10,13,32H2,(H,33,35);1H. The molecule has 0 aliphatic carbocycles. The highest BCUT2D eigenvalue weighted by molar-refractivity contribution is 5.95. The molecule has 1 fully saturated rings. The number of anilines is 2. The van der Waals surface area contributed by atoms with Crippen LogP contribution in [0.4, 0.5) is 37.8 Å². The Morgan fingerprint density at radius 3 is 2.40 bits per heavy atom. The highest BCUT2D eigenvalue weighted by Gasteiger charge is 2.38. The Kier molecular flexibility index (Phi) is 9.15. The van der Waals surface area contributed by atoms with E-state index in [0.717, 1.165) is 18.5 Å². The van der Waals surface area contributed by atoms with Crippen molar-refractivity contribution >= 4 is 41.4 Å². The molecule has 3 aromatic heterocycles. The van der Waals surface area contributed by atoms with E-state index in [1.165, 1.54) is 38.7 Å². The number of nitrogens with zero attached hydrogens (tertiary/aromatic N) is 7. The van der Waals surface area contributed by atoms with Crippen molar-refractivity contribution in [3.8, 4) is 11.3 Å². The van der Waals surface area contributed by atoms with Crippen molar-refractivity contribution in [2.24, 2.45) is 5.73 Å². The van der Waals surface area contributed by atoms with Gasteiger partial charge in [0.25, 0.3) is 12.3 Å². The minimum absolute atomic E-state index is 0. The highest BCUT2D eigenvalue weighted by Crippen LogP contribution is 2.37. The maximum absolute atomic E-state index is 15.0. The molecule has 3 N–H and O–H groups in total. The van der Waals surface area contributed by atoms with Crippen LogP contribution in [0.1, 0.15) is 16.1 Å². The molecule has 0 unspecified atom stereocenters. The summed E-state index contributed by atoms with van der Waals surface area (Å²) in [4.78, 5) is 35.9. The molecule has 2 amide bonds. The molecule has 1 saturated heterocycles. The van der Waals surface area contributed by atoms with Crippen LogP contribution in [0.25, 0.3) is 16.9 Å². The van der Waals surface area contributed by atoms with Gasteiger partial charge in [-0.1, -0.05) is 0 Å². The SMILES string of the molecule is Cl.NCC(=O)N1CCN(C(=O)c2ccc(Nc3nccn4c(-c5cn(CC(F)F)nc5C(F)(F)F)cnc34)cc2F)CC1. The molecule has 4 aromatic rings. The Hall–Kier alpha value is -4.38. The van der Waals surface area contributed by atoms with Crippen molar-refractivity contribution in [1.29, 1.82) is 0 Å². The van der Waals surface area contributed by atoms with Crippen LogP contribution in [0.2, 0.25) is 0 Å². The van der Waals surface area contributed by atoms with Gasteiger partial charge in [-0.25, -0.2) is 23.1 Å². The number of nitrogens with one attached hydrogen (secondary N) is 1. The van der Waals surface area contributed by atoms with Gasteiger partial charge in [0.1, 0.15) is 12.4 Å². The summed E-state index contributed by atoms with van der Waals surface area (Å²) in [6.07, 6.45) is -3.26. The molecule has 1 aliphatic rings. The smallest absolute Gasteiger partial charge is 0.338 e. The quantitative estimate of drug-likeness (QED) is 0.299. The zero-order valence-electron chi connectivity index (χ0n) is 22.1. The van der Waals surface area contributed by atoms with Crippen molar-refractivity contribution < 1.29 is 35.9 Å². The minimum atomic E-state index is -4.92. The normalized spacial score (nSPS) is 13.9. The lowest BCUT2D eigenvalue weighted by Gasteiger charge is -2.34. The number of imidazole rings is 1.